The molecule has 1 aliphatic heterocycles. The van der Waals surface area contributed by atoms with Crippen LogP contribution in [0, 0.1) is 6.92 Å². The summed E-state index contributed by atoms with van der Waals surface area (Å²) in [5.41, 5.74) is 3.30. The minimum atomic E-state index is -0.552. The van der Waals surface area contributed by atoms with Gasteiger partial charge in [0.1, 0.15) is 5.60 Å². The number of likely N-dealkylation sites (tertiary alicyclic amines) is 1. The Bertz CT molecular complexity index is 1290. The van der Waals surface area contributed by atoms with Crippen molar-refractivity contribution in [1.82, 2.24) is 20.0 Å². The first-order valence-corrected chi connectivity index (χ1v) is 13.1. The molecule has 0 spiro atoms. The van der Waals surface area contributed by atoms with E-state index < -0.39 is 5.60 Å². The fourth-order valence-electron chi connectivity index (χ4n) is 4.52. The van der Waals surface area contributed by atoms with Crippen molar-refractivity contribution in [2.75, 3.05) is 13.1 Å². The zero-order valence-electron chi connectivity index (χ0n) is 21.6. The molecule has 1 saturated heterocycles. The lowest BCUT2D eigenvalue weighted by Gasteiger charge is -2.34. The fourth-order valence-corrected chi connectivity index (χ4v) is 4.89. The highest BCUT2D eigenvalue weighted by molar-refractivity contribution is 6.31. The number of hydrogen-bond acceptors (Lipinski definition) is 4. The van der Waals surface area contributed by atoms with Crippen molar-refractivity contribution in [3.8, 4) is 5.69 Å². The van der Waals surface area contributed by atoms with Gasteiger partial charge in [0.2, 0.25) is 0 Å². The summed E-state index contributed by atoms with van der Waals surface area (Å²) in [5.74, 6) is -0.212. The predicted octanol–water partition coefficient (Wildman–Crippen LogP) is 6.53. The molecule has 3 aromatic rings. The monoisotopic (exact) mass is 542 g/mol. The van der Waals surface area contributed by atoms with E-state index in [1.165, 1.54) is 0 Å². The largest absolute Gasteiger partial charge is 0.444 e. The van der Waals surface area contributed by atoms with Crippen LogP contribution in [0.1, 0.15) is 66.7 Å². The molecule has 2 heterocycles. The van der Waals surface area contributed by atoms with Crippen molar-refractivity contribution in [3.05, 3.63) is 81.1 Å². The number of piperidine rings is 1. The van der Waals surface area contributed by atoms with Gasteiger partial charge in [-0.15, -0.1) is 0 Å². The first-order valence-electron chi connectivity index (χ1n) is 12.4. The number of nitrogens with one attached hydrogen (secondary N) is 1. The van der Waals surface area contributed by atoms with Gasteiger partial charge in [-0.25, -0.2) is 9.48 Å². The SMILES string of the molecule is Cc1c(Cl)cccc1-n1ncc(C(=O)NCc2ccccc2Cl)c1C1CCN(C(=O)OC(C)(C)C)CC1. The maximum absolute atomic E-state index is 13.4. The number of aromatic nitrogens is 2. The summed E-state index contributed by atoms with van der Waals surface area (Å²) < 4.78 is 7.37. The van der Waals surface area contributed by atoms with Gasteiger partial charge in [0, 0.05) is 35.6 Å². The Morgan fingerprint density at radius 1 is 1.05 bits per heavy atom. The molecular formula is C28H32Cl2N4O3. The van der Waals surface area contributed by atoms with Gasteiger partial charge in [0.15, 0.2) is 0 Å². The molecule has 9 heteroatoms. The summed E-state index contributed by atoms with van der Waals surface area (Å²) in [4.78, 5) is 27.7. The molecule has 0 saturated carbocycles. The van der Waals surface area contributed by atoms with Gasteiger partial charge >= 0.3 is 6.09 Å². The lowest BCUT2D eigenvalue weighted by Crippen LogP contribution is -2.41. The van der Waals surface area contributed by atoms with E-state index in [0.29, 0.717) is 48.1 Å². The summed E-state index contributed by atoms with van der Waals surface area (Å²) in [6, 6.07) is 13.1. The standard InChI is InChI=1S/C28H32Cl2N4O3/c1-18-22(29)10-7-11-24(18)34-25(19-12-14-33(15-13-19)27(36)37-28(2,3)4)21(17-32-34)26(35)31-16-20-8-5-6-9-23(20)30/h5-11,17,19H,12-16H2,1-4H3,(H,31,35). The summed E-state index contributed by atoms with van der Waals surface area (Å²) in [7, 11) is 0. The first-order chi connectivity index (χ1) is 17.5. The van der Waals surface area contributed by atoms with E-state index in [4.69, 9.17) is 27.9 Å². The van der Waals surface area contributed by atoms with Gasteiger partial charge < -0.3 is 15.0 Å². The molecule has 0 radical (unpaired) electrons. The van der Waals surface area contributed by atoms with E-state index in [-0.39, 0.29) is 17.9 Å². The Morgan fingerprint density at radius 3 is 2.41 bits per heavy atom. The van der Waals surface area contributed by atoms with Crippen LogP contribution in [0.15, 0.2) is 48.7 Å². The topological polar surface area (TPSA) is 76.5 Å². The first kappa shape index (κ1) is 27.0. The number of amides is 2. The number of ether oxygens (including phenoxy) is 1. The lowest BCUT2D eigenvalue weighted by atomic mass is 9.90. The molecule has 4 rings (SSSR count). The molecule has 0 bridgehead atoms. The Labute approximate surface area is 227 Å². The molecule has 2 amide bonds. The van der Waals surface area contributed by atoms with Crippen LogP contribution in [-0.2, 0) is 11.3 Å². The van der Waals surface area contributed by atoms with Crippen LogP contribution in [0.5, 0.6) is 0 Å². The summed E-state index contributed by atoms with van der Waals surface area (Å²) in [5, 5.41) is 8.85. The van der Waals surface area contributed by atoms with Crippen LogP contribution < -0.4 is 5.32 Å². The average Bonchev–Trinajstić information content (AvgIpc) is 3.29. The Balaban J connectivity index is 1.61. The number of carbonyl (C=O) groups excluding carboxylic acids is 2. The van der Waals surface area contributed by atoms with Crippen LogP contribution in [0.2, 0.25) is 10.0 Å². The smallest absolute Gasteiger partial charge is 0.410 e. The Hall–Kier alpha value is -3.03. The third-order valence-electron chi connectivity index (χ3n) is 6.45. The van der Waals surface area contributed by atoms with Crippen molar-refractivity contribution < 1.29 is 14.3 Å². The van der Waals surface area contributed by atoms with Gasteiger partial charge in [-0.3, -0.25) is 4.79 Å². The zero-order chi connectivity index (χ0) is 26.7. The molecule has 196 valence electrons. The maximum atomic E-state index is 13.4. The van der Waals surface area contributed by atoms with Gasteiger partial charge in [0.05, 0.1) is 23.1 Å². The van der Waals surface area contributed by atoms with Crippen LogP contribution >= 0.6 is 23.2 Å². The lowest BCUT2D eigenvalue weighted by molar-refractivity contribution is 0.0203. The zero-order valence-corrected chi connectivity index (χ0v) is 23.1. The number of halogens is 2. The summed E-state index contributed by atoms with van der Waals surface area (Å²) in [6.07, 6.45) is 2.64. The normalized spacial score (nSPS) is 14.5. The molecule has 0 aliphatic carbocycles. The van der Waals surface area contributed by atoms with Crippen molar-refractivity contribution in [2.24, 2.45) is 0 Å². The highest BCUT2D eigenvalue weighted by Crippen LogP contribution is 2.34. The average molecular weight is 543 g/mol. The van der Waals surface area contributed by atoms with Gasteiger partial charge in [-0.05, 0) is 69.9 Å². The maximum Gasteiger partial charge on any atom is 0.410 e. The molecule has 7 nitrogen and oxygen atoms in total. The van der Waals surface area contributed by atoms with Gasteiger partial charge in [-0.1, -0.05) is 47.5 Å². The molecule has 1 aromatic heterocycles. The van der Waals surface area contributed by atoms with E-state index in [1.807, 2.05) is 68.8 Å². The van der Waals surface area contributed by atoms with Crippen LogP contribution in [-0.4, -0.2) is 45.4 Å². The number of carbonyl (C=O) groups is 2. The number of nitrogens with zero attached hydrogens (tertiary/aromatic N) is 3. The van der Waals surface area contributed by atoms with Crippen molar-refractivity contribution in [3.63, 3.8) is 0 Å². The quantitative estimate of drug-likeness (QED) is 0.397. The highest BCUT2D eigenvalue weighted by Gasteiger charge is 2.32. The van der Waals surface area contributed by atoms with Crippen molar-refractivity contribution >= 4 is 35.2 Å². The molecule has 1 fully saturated rings. The van der Waals surface area contributed by atoms with Crippen molar-refractivity contribution in [1.29, 1.82) is 0 Å². The van der Waals surface area contributed by atoms with Crippen LogP contribution in [0.4, 0.5) is 4.79 Å². The molecule has 0 unspecified atom stereocenters. The summed E-state index contributed by atoms with van der Waals surface area (Å²) >= 11 is 12.7. The molecule has 37 heavy (non-hydrogen) atoms. The summed E-state index contributed by atoms with van der Waals surface area (Å²) in [6.45, 7) is 8.87. The highest BCUT2D eigenvalue weighted by atomic mass is 35.5. The van der Waals surface area contributed by atoms with Crippen LogP contribution in [0.25, 0.3) is 5.69 Å². The van der Waals surface area contributed by atoms with E-state index in [1.54, 1.807) is 17.2 Å². The van der Waals surface area contributed by atoms with E-state index >= 15 is 0 Å². The fraction of sp³-hybridized carbons (Fsp3) is 0.393. The predicted molar refractivity (Wildman–Crippen MR) is 146 cm³/mol. The molecule has 1 aliphatic rings. The van der Waals surface area contributed by atoms with E-state index in [2.05, 4.69) is 10.4 Å². The third kappa shape index (κ3) is 6.28. The van der Waals surface area contributed by atoms with Gasteiger partial charge in [-0.2, -0.15) is 5.10 Å². The molecule has 1 N–H and O–H groups in total. The number of rotatable bonds is 5. The van der Waals surface area contributed by atoms with E-state index in [0.717, 1.165) is 22.5 Å². The second kappa shape index (κ2) is 11.2. The molecule has 0 atom stereocenters. The number of hydrogen-bond donors (Lipinski definition) is 1. The van der Waals surface area contributed by atoms with Crippen LogP contribution in [0.3, 0.4) is 0 Å². The number of benzene rings is 2. The minimum Gasteiger partial charge on any atom is -0.444 e. The Kier molecular flexibility index (Phi) is 8.14. The minimum absolute atomic E-state index is 0.0145. The van der Waals surface area contributed by atoms with Crippen molar-refractivity contribution in [2.45, 2.75) is 58.6 Å². The molecule has 2 aromatic carbocycles. The second-order valence-corrected chi connectivity index (χ2v) is 11.1. The van der Waals surface area contributed by atoms with Gasteiger partial charge in [0.25, 0.3) is 5.91 Å². The third-order valence-corrected chi connectivity index (χ3v) is 7.23. The second-order valence-electron chi connectivity index (χ2n) is 10.3. The Morgan fingerprint density at radius 2 is 1.73 bits per heavy atom. The van der Waals surface area contributed by atoms with E-state index in [9.17, 15) is 9.59 Å². The molecular weight excluding hydrogens is 511 g/mol.